The van der Waals surface area contributed by atoms with Gasteiger partial charge in [-0.2, -0.15) is 4.98 Å². The summed E-state index contributed by atoms with van der Waals surface area (Å²) in [6, 6.07) is 13.8. The predicted molar refractivity (Wildman–Crippen MR) is 110 cm³/mol. The third-order valence-electron chi connectivity index (χ3n) is 4.33. The monoisotopic (exact) mass is 426 g/mol. The van der Waals surface area contributed by atoms with E-state index >= 15 is 0 Å². The van der Waals surface area contributed by atoms with Crippen LogP contribution in [0.5, 0.6) is 5.75 Å². The number of ether oxygens (including phenoxy) is 1. The lowest BCUT2D eigenvalue weighted by atomic mass is 10.1. The van der Waals surface area contributed by atoms with Crippen molar-refractivity contribution in [3.8, 4) is 17.1 Å². The molecule has 0 saturated heterocycles. The van der Waals surface area contributed by atoms with Gasteiger partial charge >= 0.3 is 0 Å². The van der Waals surface area contributed by atoms with Gasteiger partial charge in [-0.25, -0.2) is 9.07 Å². The first kappa shape index (κ1) is 19.9. The number of nitrogens with zero attached hydrogens (tertiary/aromatic N) is 5. The van der Waals surface area contributed by atoms with Crippen LogP contribution in [-0.2, 0) is 18.8 Å². The van der Waals surface area contributed by atoms with E-state index < -0.39 is 0 Å². The number of hydrogen-bond acceptors (Lipinski definition) is 8. The summed E-state index contributed by atoms with van der Waals surface area (Å²) in [6.45, 7) is 2.21. The number of thioether (sulfide) groups is 1. The molecule has 0 unspecified atom stereocenters. The van der Waals surface area contributed by atoms with E-state index in [1.165, 1.54) is 46.3 Å². The summed E-state index contributed by atoms with van der Waals surface area (Å²) < 4.78 is 25.2. The highest BCUT2D eigenvalue weighted by Gasteiger charge is 2.14. The molecule has 0 spiro atoms. The Morgan fingerprint density at radius 3 is 2.60 bits per heavy atom. The molecule has 2 heterocycles. The van der Waals surface area contributed by atoms with Gasteiger partial charge in [0, 0.05) is 5.56 Å². The maximum atomic E-state index is 12.9. The Morgan fingerprint density at radius 1 is 1.10 bits per heavy atom. The fourth-order valence-corrected chi connectivity index (χ4v) is 3.34. The molecule has 4 rings (SSSR count). The molecule has 0 fully saturated rings. The van der Waals surface area contributed by atoms with E-state index in [9.17, 15) is 4.39 Å². The minimum atomic E-state index is -0.329. The van der Waals surface area contributed by atoms with E-state index in [-0.39, 0.29) is 12.4 Å². The van der Waals surface area contributed by atoms with Gasteiger partial charge in [0.1, 0.15) is 18.2 Å². The maximum Gasteiger partial charge on any atom is 0.237 e. The van der Waals surface area contributed by atoms with Crippen molar-refractivity contribution < 1.29 is 13.7 Å². The highest BCUT2D eigenvalue weighted by atomic mass is 32.2. The maximum absolute atomic E-state index is 12.9. The lowest BCUT2D eigenvalue weighted by Crippen LogP contribution is -2.15. The average molecular weight is 426 g/mol. The van der Waals surface area contributed by atoms with E-state index in [4.69, 9.17) is 15.1 Å². The van der Waals surface area contributed by atoms with Gasteiger partial charge in [-0.15, -0.1) is 10.2 Å². The second-order valence-corrected chi connectivity index (χ2v) is 7.30. The summed E-state index contributed by atoms with van der Waals surface area (Å²) in [5.41, 5.74) is 2.15. The standard InChI is InChI=1S/C20H19FN6O2S/c1-2-13-3-5-14(6-4-13)19-23-18(29-26-19)12-30-20-25-24-17(27(20)22)11-28-16-9-7-15(21)8-10-16/h3-10H,2,11-12,22H2,1H3. The van der Waals surface area contributed by atoms with Crippen LogP contribution < -0.4 is 10.6 Å². The van der Waals surface area contributed by atoms with Gasteiger partial charge < -0.3 is 15.1 Å². The Labute approximate surface area is 176 Å². The molecule has 30 heavy (non-hydrogen) atoms. The number of nitrogen functional groups attached to an aromatic ring is 1. The van der Waals surface area contributed by atoms with E-state index in [2.05, 4.69) is 27.3 Å². The molecule has 8 nitrogen and oxygen atoms in total. The largest absolute Gasteiger partial charge is 0.486 e. The molecule has 2 aromatic carbocycles. The van der Waals surface area contributed by atoms with Crippen LogP contribution in [0, 0.1) is 5.82 Å². The summed E-state index contributed by atoms with van der Waals surface area (Å²) in [4.78, 5) is 4.42. The normalized spacial score (nSPS) is 11.0. The number of benzene rings is 2. The Bertz CT molecular complexity index is 1110. The minimum absolute atomic E-state index is 0.105. The number of aryl methyl sites for hydroxylation is 1. The quantitative estimate of drug-likeness (QED) is 0.336. The van der Waals surface area contributed by atoms with E-state index in [0.717, 1.165) is 12.0 Å². The number of halogens is 1. The second kappa shape index (κ2) is 8.95. The molecule has 4 aromatic rings. The van der Waals surface area contributed by atoms with Crippen LogP contribution in [0.3, 0.4) is 0 Å². The van der Waals surface area contributed by atoms with Gasteiger partial charge in [0.2, 0.25) is 16.9 Å². The lowest BCUT2D eigenvalue weighted by Gasteiger charge is -2.05. The number of aromatic nitrogens is 5. The molecule has 2 aromatic heterocycles. The molecule has 154 valence electrons. The molecule has 0 aliphatic rings. The van der Waals surface area contributed by atoms with Crippen LogP contribution in [0.1, 0.15) is 24.2 Å². The Kier molecular flexibility index (Phi) is 5.94. The summed E-state index contributed by atoms with van der Waals surface area (Å²) in [6.07, 6.45) is 0.977. The first-order valence-electron chi connectivity index (χ1n) is 9.25. The summed E-state index contributed by atoms with van der Waals surface area (Å²) in [5, 5.41) is 12.6. The predicted octanol–water partition coefficient (Wildman–Crippen LogP) is 3.61. The minimum Gasteiger partial charge on any atom is -0.486 e. The van der Waals surface area contributed by atoms with Crippen molar-refractivity contribution in [2.24, 2.45) is 0 Å². The average Bonchev–Trinajstić information content (AvgIpc) is 3.39. The third-order valence-corrected chi connectivity index (χ3v) is 5.26. The lowest BCUT2D eigenvalue weighted by molar-refractivity contribution is 0.291. The van der Waals surface area contributed by atoms with Crippen LogP contribution in [-0.4, -0.2) is 25.0 Å². The molecular formula is C20H19FN6O2S. The molecule has 0 atom stereocenters. The Balaban J connectivity index is 1.35. The molecule has 10 heteroatoms. The van der Waals surface area contributed by atoms with Crippen molar-refractivity contribution in [3.05, 3.63) is 71.6 Å². The van der Waals surface area contributed by atoms with Crippen LogP contribution in [0.4, 0.5) is 4.39 Å². The number of nitrogens with two attached hydrogens (primary N) is 1. The molecule has 0 saturated carbocycles. The fourth-order valence-electron chi connectivity index (χ4n) is 2.63. The van der Waals surface area contributed by atoms with Crippen molar-refractivity contribution in [3.63, 3.8) is 0 Å². The van der Waals surface area contributed by atoms with Gasteiger partial charge in [-0.05, 0) is 36.2 Å². The molecule has 0 radical (unpaired) electrons. The first-order valence-corrected chi connectivity index (χ1v) is 10.2. The zero-order valence-corrected chi connectivity index (χ0v) is 17.0. The summed E-state index contributed by atoms with van der Waals surface area (Å²) in [5.74, 6) is 8.06. The zero-order chi connectivity index (χ0) is 20.9. The zero-order valence-electron chi connectivity index (χ0n) is 16.2. The highest BCUT2D eigenvalue weighted by molar-refractivity contribution is 7.98. The second-order valence-electron chi connectivity index (χ2n) is 6.36. The van der Waals surface area contributed by atoms with Gasteiger partial charge in [0.15, 0.2) is 5.82 Å². The van der Waals surface area contributed by atoms with Crippen LogP contribution in [0.2, 0.25) is 0 Å². The van der Waals surface area contributed by atoms with Crippen LogP contribution in [0.15, 0.2) is 58.2 Å². The van der Waals surface area contributed by atoms with Crippen molar-refractivity contribution in [1.29, 1.82) is 0 Å². The number of hydrogen-bond donors (Lipinski definition) is 1. The van der Waals surface area contributed by atoms with Crippen molar-refractivity contribution in [2.45, 2.75) is 30.9 Å². The van der Waals surface area contributed by atoms with Crippen LogP contribution in [0.25, 0.3) is 11.4 Å². The molecular weight excluding hydrogens is 407 g/mol. The molecule has 2 N–H and O–H groups in total. The van der Waals surface area contributed by atoms with Gasteiger partial charge in [0.25, 0.3) is 0 Å². The van der Waals surface area contributed by atoms with Crippen LogP contribution >= 0.6 is 11.8 Å². The van der Waals surface area contributed by atoms with Crippen molar-refractivity contribution in [1.82, 2.24) is 25.0 Å². The molecule has 0 bridgehead atoms. The van der Waals surface area contributed by atoms with E-state index in [1.807, 2.05) is 24.3 Å². The number of rotatable bonds is 8. The first-order chi connectivity index (χ1) is 14.6. The van der Waals surface area contributed by atoms with Gasteiger partial charge in [-0.3, -0.25) is 0 Å². The molecule has 0 aliphatic carbocycles. The van der Waals surface area contributed by atoms with E-state index in [1.54, 1.807) is 0 Å². The topological polar surface area (TPSA) is 105 Å². The Morgan fingerprint density at radius 2 is 1.87 bits per heavy atom. The van der Waals surface area contributed by atoms with Crippen molar-refractivity contribution in [2.75, 3.05) is 5.84 Å². The van der Waals surface area contributed by atoms with E-state index in [0.29, 0.717) is 34.2 Å². The smallest absolute Gasteiger partial charge is 0.237 e. The summed E-state index contributed by atoms with van der Waals surface area (Å²) in [7, 11) is 0. The fraction of sp³-hybridized carbons (Fsp3) is 0.200. The summed E-state index contributed by atoms with van der Waals surface area (Å²) >= 11 is 1.32. The SMILES string of the molecule is CCc1ccc(-c2noc(CSc3nnc(COc4ccc(F)cc4)n3N)n2)cc1. The van der Waals surface area contributed by atoms with Crippen molar-refractivity contribution >= 4 is 11.8 Å². The van der Waals surface area contributed by atoms with Gasteiger partial charge in [0.05, 0.1) is 5.75 Å². The Hall–Kier alpha value is -3.40. The molecule has 0 amide bonds. The third kappa shape index (κ3) is 4.60. The molecule has 0 aliphatic heterocycles. The van der Waals surface area contributed by atoms with Gasteiger partial charge in [-0.1, -0.05) is 48.1 Å². The highest BCUT2D eigenvalue weighted by Crippen LogP contribution is 2.23.